The highest BCUT2D eigenvalue weighted by molar-refractivity contribution is 6.32. The zero-order valence-corrected chi connectivity index (χ0v) is 12.3. The molecule has 1 aliphatic rings. The topological polar surface area (TPSA) is 64.1 Å². The number of aromatic nitrogens is 2. The first-order valence-corrected chi connectivity index (χ1v) is 7.18. The van der Waals surface area contributed by atoms with Gasteiger partial charge in [0.1, 0.15) is 5.15 Å². The standard InChI is InChI=1S/C15H15ClN2O3/c1-9-11(7-8-21-9)18-14(19)12(13(16)17-15(18)20)10-5-3-2-4-6-10/h2-6,9,11H,7-8H2,1H3,(H,17,20). The third-order valence-electron chi connectivity index (χ3n) is 3.82. The van der Waals surface area contributed by atoms with Gasteiger partial charge in [-0.1, -0.05) is 41.9 Å². The lowest BCUT2D eigenvalue weighted by molar-refractivity contribution is 0.106. The van der Waals surface area contributed by atoms with E-state index in [1.165, 1.54) is 4.57 Å². The molecular weight excluding hydrogens is 292 g/mol. The van der Waals surface area contributed by atoms with Gasteiger partial charge in [0.15, 0.2) is 0 Å². The van der Waals surface area contributed by atoms with Crippen LogP contribution in [0.1, 0.15) is 19.4 Å². The molecule has 0 saturated carbocycles. The van der Waals surface area contributed by atoms with Crippen LogP contribution in [0.5, 0.6) is 0 Å². The van der Waals surface area contributed by atoms with Crippen LogP contribution in [-0.2, 0) is 4.74 Å². The van der Waals surface area contributed by atoms with E-state index in [2.05, 4.69) is 4.98 Å². The fourth-order valence-electron chi connectivity index (χ4n) is 2.74. The number of nitrogens with zero attached hydrogens (tertiary/aromatic N) is 1. The second-order valence-corrected chi connectivity index (χ2v) is 5.47. The number of nitrogens with one attached hydrogen (secondary N) is 1. The van der Waals surface area contributed by atoms with Crippen LogP contribution >= 0.6 is 11.6 Å². The van der Waals surface area contributed by atoms with E-state index in [1.807, 2.05) is 25.1 Å². The van der Waals surface area contributed by atoms with E-state index in [9.17, 15) is 9.59 Å². The number of ether oxygens (including phenoxy) is 1. The molecule has 0 amide bonds. The molecule has 0 bridgehead atoms. The largest absolute Gasteiger partial charge is 0.376 e. The van der Waals surface area contributed by atoms with Gasteiger partial charge in [-0.2, -0.15) is 0 Å². The molecule has 1 saturated heterocycles. The van der Waals surface area contributed by atoms with E-state index in [1.54, 1.807) is 12.1 Å². The van der Waals surface area contributed by atoms with E-state index in [0.717, 1.165) is 0 Å². The average molecular weight is 307 g/mol. The van der Waals surface area contributed by atoms with Crippen LogP contribution in [0.2, 0.25) is 5.15 Å². The lowest BCUT2D eigenvalue weighted by Gasteiger charge is -2.17. The molecule has 2 aromatic rings. The van der Waals surface area contributed by atoms with Crippen molar-refractivity contribution in [2.24, 2.45) is 0 Å². The predicted octanol–water partition coefficient (Wildman–Crippen LogP) is 2.21. The molecule has 110 valence electrons. The predicted molar refractivity (Wildman–Crippen MR) is 80.8 cm³/mol. The summed E-state index contributed by atoms with van der Waals surface area (Å²) in [7, 11) is 0. The molecule has 2 unspecified atom stereocenters. The number of benzene rings is 1. The molecule has 1 aromatic heterocycles. The molecule has 5 nitrogen and oxygen atoms in total. The Morgan fingerprint density at radius 2 is 2.00 bits per heavy atom. The van der Waals surface area contributed by atoms with Crippen molar-refractivity contribution in [1.82, 2.24) is 9.55 Å². The maximum atomic E-state index is 12.7. The zero-order chi connectivity index (χ0) is 15.0. The summed E-state index contributed by atoms with van der Waals surface area (Å²) in [4.78, 5) is 27.5. The summed E-state index contributed by atoms with van der Waals surface area (Å²) in [6.07, 6.45) is 0.466. The molecule has 1 aliphatic heterocycles. The molecule has 21 heavy (non-hydrogen) atoms. The van der Waals surface area contributed by atoms with Gasteiger partial charge in [0.2, 0.25) is 0 Å². The molecular formula is C15H15ClN2O3. The van der Waals surface area contributed by atoms with Gasteiger partial charge in [-0.15, -0.1) is 0 Å². The van der Waals surface area contributed by atoms with E-state index in [4.69, 9.17) is 16.3 Å². The Labute approximate surface area is 126 Å². The molecule has 1 aromatic carbocycles. The maximum absolute atomic E-state index is 12.7. The lowest BCUT2D eigenvalue weighted by Crippen LogP contribution is -2.41. The van der Waals surface area contributed by atoms with Gasteiger partial charge >= 0.3 is 5.69 Å². The third-order valence-corrected chi connectivity index (χ3v) is 4.10. The van der Waals surface area contributed by atoms with Crippen LogP contribution in [0.4, 0.5) is 0 Å². The van der Waals surface area contributed by atoms with Crippen molar-refractivity contribution in [2.45, 2.75) is 25.5 Å². The quantitative estimate of drug-likeness (QED) is 0.865. The Hall–Kier alpha value is -1.85. The van der Waals surface area contributed by atoms with Gasteiger partial charge in [-0.05, 0) is 18.9 Å². The van der Waals surface area contributed by atoms with Crippen LogP contribution in [0, 0.1) is 0 Å². The molecule has 1 N–H and O–H groups in total. The lowest BCUT2D eigenvalue weighted by atomic mass is 10.1. The van der Waals surface area contributed by atoms with Crippen molar-refractivity contribution in [1.29, 1.82) is 0 Å². The summed E-state index contributed by atoms with van der Waals surface area (Å²) >= 11 is 6.08. The van der Waals surface area contributed by atoms with Gasteiger partial charge in [0.25, 0.3) is 5.56 Å². The van der Waals surface area contributed by atoms with Crippen molar-refractivity contribution in [3.05, 3.63) is 56.3 Å². The van der Waals surface area contributed by atoms with Crippen LogP contribution in [0.15, 0.2) is 39.9 Å². The molecule has 3 rings (SSSR count). The summed E-state index contributed by atoms with van der Waals surface area (Å²) in [5.41, 5.74) is 0.129. The van der Waals surface area contributed by atoms with Crippen molar-refractivity contribution in [2.75, 3.05) is 6.61 Å². The highest BCUT2D eigenvalue weighted by Gasteiger charge is 2.29. The minimum atomic E-state index is -0.493. The molecule has 0 spiro atoms. The minimum absolute atomic E-state index is 0.0685. The molecule has 1 fully saturated rings. The number of H-pyrrole nitrogens is 1. The second-order valence-electron chi connectivity index (χ2n) is 5.09. The Bertz CT molecular complexity index is 767. The van der Waals surface area contributed by atoms with E-state index >= 15 is 0 Å². The first-order chi connectivity index (χ1) is 10.1. The molecule has 2 heterocycles. The first kappa shape index (κ1) is 14.1. The maximum Gasteiger partial charge on any atom is 0.329 e. The Morgan fingerprint density at radius 1 is 1.29 bits per heavy atom. The normalized spacial score (nSPS) is 21.6. The van der Waals surface area contributed by atoms with E-state index in [-0.39, 0.29) is 22.9 Å². The van der Waals surface area contributed by atoms with Gasteiger partial charge < -0.3 is 4.74 Å². The number of hydrogen-bond acceptors (Lipinski definition) is 3. The summed E-state index contributed by atoms with van der Waals surface area (Å²) < 4.78 is 6.69. The summed E-state index contributed by atoms with van der Waals surface area (Å²) in [5, 5.41) is 0.0685. The molecule has 0 radical (unpaired) electrons. The average Bonchev–Trinajstić information content (AvgIpc) is 2.86. The highest BCUT2D eigenvalue weighted by Crippen LogP contribution is 2.26. The van der Waals surface area contributed by atoms with Gasteiger partial charge in [0, 0.05) is 6.61 Å². The van der Waals surface area contributed by atoms with E-state index in [0.29, 0.717) is 24.2 Å². The van der Waals surface area contributed by atoms with Crippen LogP contribution in [0.25, 0.3) is 11.1 Å². The fraction of sp³-hybridized carbons (Fsp3) is 0.333. The highest BCUT2D eigenvalue weighted by atomic mass is 35.5. The Morgan fingerprint density at radius 3 is 2.62 bits per heavy atom. The SMILES string of the molecule is CC1OCCC1n1c(=O)[nH]c(Cl)c(-c2ccccc2)c1=O. The zero-order valence-electron chi connectivity index (χ0n) is 11.5. The number of hydrogen-bond donors (Lipinski definition) is 1. The van der Waals surface area contributed by atoms with Crippen molar-refractivity contribution < 1.29 is 4.74 Å². The van der Waals surface area contributed by atoms with E-state index < -0.39 is 5.69 Å². The molecule has 2 atom stereocenters. The second kappa shape index (κ2) is 5.50. The molecule has 0 aliphatic carbocycles. The van der Waals surface area contributed by atoms with Gasteiger partial charge in [-0.3, -0.25) is 14.3 Å². The first-order valence-electron chi connectivity index (χ1n) is 6.81. The third kappa shape index (κ3) is 2.43. The summed E-state index contributed by atoms with van der Waals surface area (Å²) in [5.74, 6) is 0. The van der Waals surface area contributed by atoms with Gasteiger partial charge in [-0.25, -0.2) is 4.79 Å². The van der Waals surface area contributed by atoms with Crippen LogP contribution < -0.4 is 11.2 Å². The number of rotatable bonds is 2. The Kier molecular flexibility index (Phi) is 3.69. The summed E-state index contributed by atoms with van der Waals surface area (Å²) in [6.45, 7) is 2.40. The monoisotopic (exact) mass is 306 g/mol. The fourth-order valence-corrected chi connectivity index (χ4v) is 3.01. The Balaban J connectivity index is 2.24. The number of aromatic amines is 1. The van der Waals surface area contributed by atoms with Crippen molar-refractivity contribution in [3.8, 4) is 11.1 Å². The van der Waals surface area contributed by atoms with Crippen LogP contribution in [0.3, 0.4) is 0 Å². The van der Waals surface area contributed by atoms with Crippen molar-refractivity contribution >= 4 is 11.6 Å². The smallest absolute Gasteiger partial charge is 0.329 e. The number of halogens is 1. The minimum Gasteiger partial charge on any atom is -0.376 e. The van der Waals surface area contributed by atoms with Crippen LogP contribution in [-0.4, -0.2) is 22.3 Å². The summed E-state index contributed by atoms with van der Waals surface area (Å²) in [6, 6.07) is 8.82. The van der Waals surface area contributed by atoms with Gasteiger partial charge in [0.05, 0.1) is 17.7 Å². The van der Waals surface area contributed by atoms with Crippen molar-refractivity contribution in [3.63, 3.8) is 0 Å². The molecule has 6 heteroatoms.